The molecule has 3 aromatic rings. The van der Waals surface area contributed by atoms with Crippen molar-refractivity contribution in [2.45, 2.75) is 39.2 Å². The van der Waals surface area contributed by atoms with Gasteiger partial charge in [0, 0.05) is 36.2 Å². The molecule has 1 aliphatic rings. The lowest BCUT2D eigenvalue weighted by Crippen LogP contribution is -2.54. The molecule has 2 unspecified atom stereocenters. The summed E-state index contributed by atoms with van der Waals surface area (Å²) in [6.07, 6.45) is -4.76. The minimum absolute atomic E-state index is 0.247. The van der Waals surface area contributed by atoms with Crippen molar-refractivity contribution in [3.63, 3.8) is 0 Å². The molecule has 4 rings (SSSR count). The van der Waals surface area contributed by atoms with Crippen molar-refractivity contribution in [3.05, 3.63) is 54.1 Å². The van der Waals surface area contributed by atoms with Crippen LogP contribution in [0.1, 0.15) is 19.4 Å². The van der Waals surface area contributed by atoms with Crippen LogP contribution in [0.3, 0.4) is 0 Å². The second-order valence-corrected chi connectivity index (χ2v) is 8.70. The molecule has 186 valence electrons. The molecule has 10 heteroatoms. The van der Waals surface area contributed by atoms with Crippen LogP contribution in [0.15, 0.2) is 48.5 Å². The van der Waals surface area contributed by atoms with Crippen LogP contribution in [0, 0.1) is 6.92 Å². The minimum Gasteiger partial charge on any atom is -0.484 e. The maximum atomic E-state index is 12.4. The fourth-order valence-corrected chi connectivity index (χ4v) is 4.03. The lowest BCUT2D eigenvalue weighted by molar-refractivity contribution is -0.274. The third-order valence-electron chi connectivity index (χ3n) is 5.77. The zero-order valence-electron chi connectivity index (χ0n) is 19.6. The Balaban J connectivity index is 1.39. The Labute approximate surface area is 201 Å². The molecule has 1 aromatic heterocycles. The maximum absolute atomic E-state index is 12.4. The number of rotatable bonds is 6. The van der Waals surface area contributed by atoms with Gasteiger partial charge in [0.2, 0.25) is 0 Å². The van der Waals surface area contributed by atoms with Crippen LogP contribution in [0.4, 0.5) is 24.7 Å². The number of amides is 1. The summed E-state index contributed by atoms with van der Waals surface area (Å²) in [4.78, 5) is 19.5. The molecule has 0 bridgehead atoms. The summed E-state index contributed by atoms with van der Waals surface area (Å²) >= 11 is 0. The smallest absolute Gasteiger partial charge is 0.484 e. The van der Waals surface area contributed by atoms with Crippen molar-refractivity contribution in [1.29, 1.82) is 0 Å². The van der Waals surface area contributed by atoms with Crippen molar-refractivity contribution >= 4 is 28.3 Å². The number of alkyl halides is 3. The van der Waals surface area contributed by atoms with Gasteiger partial charge in [0.25, 0.3) is 5.91 Å². The predicted molar refractivity (Wildman–Crippen MR) is 128 cm³/mol. The number of ether oxygens (including phenoxy) is 2. The summed E-state index contributed by atoms with van der Waals surface area (Å²) < 4.78 is 45.9. The molecule has 2 aromatic carbocycles. The zero-order chi connectivity index (χ0) is 25.2. The molecule has 1 saturated heterocycles. The second-order valence-electron chi connectivity index (χ2n) is 8.70. The Morgan fingerprint density at radius 3 is 2.57 bits per heavy atom. The van der Waals surface area contributed by atoms with E-state index < -0.39 is 12.3 Å². The van der Waals surface area contributed by atoms with E-state index in [1.807, 2.05) is 19.1 Å². The first-order valence-electron chi connectivity index (χ1n) is 11.3. The van der Waals surface area contributed by atoms with Gasteiger partial charge in [-0.2, -0.15) is 0 Å². The number of anilines is 2. The van der Waals surface area contributed by atoms with Gasteiger partial charge in [0.1, 0.15) is 17.3 Å². The number of aryl methyl sites for hydroxylation is 1. The number of pyridine rings is 1. The number of fused-ring (bicyclic) bond motifs is 1. The van der Waals surface area contributed by atoms with E-state index in [0.29, 0.717) is 17.8 Å². The number of aromatic nitrogens is 1. The van der Waals surface area contributed by atoms with E-state index in [0.717, 1.165) is 47.5 Å². The summed E-state index contributed by atoms with van der Waals surface area (Å²) in [7, 11) is 0. The van der Waals surface area contributed by atoms with Gasteiger partial charge < -0.3 is 25.0 Å². The normalized spacial score (nSPS) is 18.4. The van der Waals surface area contributed by atoms with Gasteiger partial charge in [0.15, 0.2) is 6.61 Å². The molecule has 0 aliphatic carbocycles. The van der Waals surface area contributed by atoms with Gasteiger partial charge in [0.05, 0.1) is 5.52 Å². The number of hydrogen-bond donors (Lipinski definition) is 2. The highest BCUT2D eigenvalue weighted by Gasteiger charge is 2.31. The van der Waals surface area contributed by atoms with Crippen LogP contribution in [-0.2, 0) is 4.79 Å². The van der Waals surface area contributed by atoms with Crippen molar-refractivity contribution in [3.8, 4) is 11.5 Å². The third-order valence-corrected chi connectivity index (χ3v) is 5.77. The molecule has 1 amide bonds. The van der Waals surface area contributed by atoms with E-state index >= 15 is 0 Å². The molecule has 0 radical (unpaired) electrons. The number of benzene rings is 2. The van der Waals surface area contributed by atoms with Crippen LogP contribution in [0.25, 0.3) is 10.9 Å². The van der Waals surface area contributed by atoms with E-state index in [-0.39, 0.29) is 18.1 Å². The number of halogens is 3. The average Bonchev–Trinajstić information content (AvgIpc) is 2.79. The molecule has 2 atom stereocenters. The van der Waals surface area contributed by atoms with E-state index in [9.17, 15) is 18.0 Å². The van der Waals surface area contributed by atoms with Crippen LogP contribution in [-0.4, -0.2) is 49.0 Å². The highest BCUT2D eigenvalue weighted by Crippen LogP contribution is 2.28. The number of hydrogen-bond acceptors (Lipinski definition) is 6. The summed E-state index contributed by atoms with van der Waals surface area (Å²) in [6, 6.07) is 13.2. The van der Waals surface area contributed by atoms with Crippen molar-refractivity contribution < 1.29 is 27.4 Å². The zero-order valence-corrected chi connectivity index (χ0v) is 19.6. The molecule has 7 nitrogen and oxygen atoms in total. The molecule has 1 aliphatic heterocycles. The van der Waals surface area contributed by atoms with Gasteiger partial charge in [-0.15, -0.1) is 13.2 Å². The molecule has 35 heavy (non-hydrogen) atoms. The summed E-state index contributed by atoms with van der Waals surface area (Å²) in [5, 5.41) is 7.19. The van der Waals surface area contributed by atoms with E-state index in [1.165, 1.54) is 12.1 Å². The van der Waals surface area contributed by atoms with Gasteiger partial charge in [-0.05, 0) is 74.9 Å². The summed E-state index contributed by atoms with van der Waals surface area (Å²) in [6.45, 7) is 7.83. The van der Waals surface area contributed by atoms with Crippen LogP contribution in [0.5, 0.6) is 11.5 Å². The van der Waals surface area contributed by atoms with E-state index in [1.54, 1.807) is 6.07 Å². The van der Waals surface area contributed by atoms with Crippen LogP contribution >= 0.6 is 0 Å². The Bertz CT molecular complexity index is 1200. The van der Waals surface area contributed by atoms with Gasteiger partial charge in [-0.1, -0.05) is 0 Å². The van der Waals surface area contributed by atoms with E-state index in [2.05, 4.69) is 40.2 Å². The summed E-state index contributed by atoms with van der Waals surface area (Å²) in [5.41, 5.74) is 2.49. The quantitative estimate of drug-likeness (QED) is 0.526. The highest BCUT2D eigenvalue weighted by molar-refractivity contribution is 5.95. The average molecular weight is 489 g/mol. The lowest BCUT2D eigenvalue weighted by Gasteiger charge is -2.38. The minimum atomic E-state index is -4.76. The number of carbonyl (C=O) groups is 1. The standard InChI is InChI=1S/C25H27F3N4O3/c1-15-10-23(32-13-16(2)29-12-17(32)3)31-22-9-4-18(11-21(15)22)30-24(33)14-34-19-5-7-20(8-6-19)35-25(26,27)28/h4-11,16-17,29H,12-14H2,1-3H3,(H,30,33). The van der Waals surface area contributed by atoms with Crippen molar-refractivity contribution in [2.24, 2.45) is 0 Å². The second kappa shape index (κ2) is 9.99. The van der Waals surface area contributed by atoms with Crippen molar-refractivity contribution in [2.75, 3.05) is 29.9 Å². The number of carbonyl (C=O) groups excluding carboxylic acids is 1. The molecular weight excluding hydrogens is 461 g/mol. The van der Waals surface area contributed by atoms with Crippen LogP contribution < -0.4 is 25.0 Å². The molecule has 2 heterocycles. The Kier molecular flexibility index (Phi) is 7.02. The number of nitrogens with zero attached hydrogens (tertiary/aromatic N) is 2. The molecule has 0 saturated carbocycles. The third kappa shape index (κ3) is 6.33. The number of nitrogens with one attached hydrogen (secondary N) is 2. The fourth-order valence-electron chi connectivity index (χ4n) is 4.03. The topological polar surface area (TPSA) is 75.7 Å². The first-order valence-corrected chi connectivity index (χ1v) is 11.3. The summed E-state index contributed by atoms with van der Waals surface area (Å²) in [5.74, 6) is 0.425. The lowest BCUT2D eigenvalue weighted by atomic mass is 10.1. The largest absolute Gasteiger partial charge is 0.573 e. The Morgan fingerprint density at radius 2 is 1.86 bits per heavy atom. The first kappa shape index (κ1) is 24.6. The monoisotopic (exact) mass is 488 g/mol. The van der Waals surface area contributed by atoms with Gasteiger partial charge in [-0.3, -0.25) is 4.79 Å². The fraction of sp³-hybridized carbons (Fsp3) is 0.360. The van der Waals surface area contributed by atoms with Crippen LogP contribution in [0.2, 0.25) is 0 Å². The Morgan fingerprint density at radius 1 is 1.14 bits per heavy atom. The number of piperazine rings is 1. The molecular formula is C25H27F3N4O3. The van der Waals surface area contributed by atoms with Gasteiger partial charge >= 0.3 is 6.36 Å². The predicted octanol–water partition coefficient (Wildman–Crippen LogP) is 4.65. The Hall–Kier alpha value is -3.53. The SMILES string of the molecule is Cc1cc(N2CC(C)NCC2C)nc2ccc(NC(=O)COc3ccc(OC(F)(F)F)cc3)cc12. The van der Waals surface area contributed by atoms with E-state index in [4.69, 9.17) is 9.72 Å². The van der Waals surface area contributed by atoms with Gasteiger partial charge in [-0.25, -0.2) is 4.98 Å². The van der Waals surface area contributed by atoms with Crippen molar-refractivity contribution in [1.82, 2.24) is 10.3 Å². The molecule has 1 fully saturated rings. The maximum Gasteiger partial charge on any atom is 0.573 e. The molecule has 2 N–H and O–H groups in total. The highest BCUT2D eigenvalue weighted by atomic mass is 19.4. The molecule has 0 spiro atoms. The first-order chi connectivity index (χ1) is 16.6.